The van der Waals surface area contributed by atoms with Gasteiger partial charge in [-0.05, 0) is 35.3 Å². The fraction of sp³-hybridized carbons (Fsp3) is 0.273. The van der Waals surface area contributed by atoms with Crippen molar-refractivity contribution in [1.29, 1.82) is 0 Å². The monoisotopic (exact) mass is 424 g/mol. The molecular weight excluding hydrogens is 400 g/mol. The quantitative estimate of drug-likeness (QED) is 0.200. The lowest BCUT2D eigenvalue weighted by Crippen LogP contribution is -2.59. The third kappa shape index (κ3) is 5.02. The minimum atomic E-state index is -1.36. The van der Waals surface area contributed by atoms with Gasteiger partial charge in [0.05, 0.1) is 0 Å². The van der Waals surface area contributed by atoms with Crippen molar-refractivity contribution in [1.82, 2.24) is 16.3 Å². The second-order valence-electron chi connectivity index (χ2n) is 7.63. The second kappa shape index (κ2) is 9.61. The molecule has 0 aromatic heterocycles. The van der Waals surface area contributed by atoms with Gasteiger partial charge in [-0.3, -0.25) is 14.8 Å². The first-order valence-electron chi connectivity index (χ1n) is 9.73. The highest BCUT2D eigenvalue weighted by molar-refractivity contribution is 5.90. The molecule has 0 bridgehead atoms. The highest BCUT2D eigenvalue weighted by Crippen LogP contribution is 2.38. The summed E-state index contributed by atoms with van der Waals surface area (Å²) in [5.74, 6) is -1.07. The van der Waals surface area contributed by atoms with Crippen LogP contribution in [-0.2, 0) is 22.6 Å². The minimum Gasteiger partial charge on any atom is -0.350 e. The lowest BCUT2D eigenvalue weighted by Gasteiger charge is -2.37. The Labute approximate surface area is 179 Å². The highest BCUT2D eigenvalue weighted by atomic mass is 16.5. The highest BCUT2D eigenvalue weighted by Gasteiger charge is 2.45. The van der Waals surface area contributed by atoms with Crippen LogP contribution >= 0.6 is 0 Å². The number of hydrogen-bond acceptors (Lipinski definition) is 7. The Morgan fingerprint density at radius 1 is 1.19 bits per heavy atom. The molecule has 1 aliphatic rings. The maximum Gasteiger partial charge on any atom is 0.267 e. The number of nitroso groups, excluding NO2 is 1. The zero-order chi connectivity index (χ0) is 22.4. The van der Waals surface area contributed by atoms with E-state index in [1.165, 1.54) is 17.6 Å². The summed E-state index contributed by atoms with van der Waals surface area (Å²) in [6.07, 6.45) is 3.00. The number of amides is 2. The molecule has 9 nitrogen and oxygen atoms in total. The van der Waals surface area contributed by atoms with E-state index in [0.29, 0.717) is 0 Å². The number of aryl methyl sites for hydroxylation is 1. The number of nitrogens with one attached hydrogen (secondary N) is 3. The van der Waals surface area contributed by atoms with Crippen molar-refractivity contribution in [2.24, 2.45) is 5.18 Å². The van der Waals surface area contributed by atoms with Crippen molar-refractivity contribution in [3.63, 3.8) is 0 Å². The van der Waals surface area contributed by atoms with Crippen LogP contribution in [0.4, 0.5) is 0 Å². The van der Waals surface area contributed by atoms with Gasteiger partial charge in [0.25, 0.3) is 5.91 Å². The molecule has 1 aliphatic carbocycles. The average Bonchev–Trinajstić information content (AvgIpc) is 2.80. The first-order valence-corrected chi connectivity index (χ1v) is 9.73. The molecule has 2 atom stereocenters. The number of carbonyl (C=O) groups excluding carboxylic acids is 2. The molecule has 0 saturated heterocycles. The molecule has 2 aromatic carbocycles. The van der Waals surface area contributed by atoms with Crippen LogP contribution < -0.4 is 16.3 Å². The van der Waals surface area contributed by atoms with Gasteiger partial charge in [0.1, 0.15) is 11.6 Å². The molecule has 162 valence electrons. The Balaban J connectivity index is 1.70. The Bertz CT molecular complexity index is 1010. The van der Waals surface area contributed by atoms with Gasteiger partial charge in [0, 0.05) is 25.5 Å². The third-order valence-corrected chi connectivity index (χ3v) is 5.44. The molecule has 2 amide bonds. The number of carbonyl (C=O) groups is 2. The summed E-state index contributed by atoms with van der Waals surface area (Å²) in [5, 5.41) is 24.3. The molecule has 31 heavy (non-hydrogen) atoms. The van der Waals surface area contributed by atoms with Gasteiger partial charge < -0.3 is 10.5 Å². The molecule has 3 rings (SSSR count). The van der Waals surface area contributed by atoms with E-state index < -0.39 is 23.4 Å². The smallest absolute Gasteiger partial charge is 0.267 e. The molecule has 0 aliphatic heterocycles. The topological polar surface area (TPSA) is 140 Å². The summed E-state index contributed by atoms with van der Waals surface area (Å²) in [6.45, 7) is 2.13. The number of hydroxylamine groups is 2. The summed E-state index contributed by atoms with van der Waals surface area (Å²) in [5.41, 5.74) is 6.41. The first kappa shape index (κ1) is 22.3. The van der Waals surface area contributed by atoms with E-state index in [1.807, 2.05) is 25.1 Å². The maximum atomic E-state index is 13.0. The molecule has 2 unspecified atom stereocenters. The number of fused-ring (bicyclic) bond motifs is 1. The lowest BCUT2D eigenvalue weighted by atomic mass is 9.75. The largest absolute Gasteiger partial charge is 0.350 e. The standard InChI is InChI=1S/C22H24N4O5/c1-14-2-8-17-11-22(26-31,12-19(24-29)18(17)10-14)21(28)23-13-16-5-3-15(4-6-16)7-9-20(27)25-30/h2-10,19,26,30-31H,11-13H2,1H3,(H,23,28)(H,25,27). The molecule has 0 saturated carbocycles. The molecule has 0 fully saturated rings. The Morgan fingerprint density at radius 2 is 1.94 bits per heavy atom. The summed E-state index contributed by atoms with van der Waals surface area (Å²) in [4.78, 5) is 35.5. The third-order valence-electron chi connectivity index (χ3n) is 5.44. The van der Waals surface area contributed by atoms with Gasteiger partial charge in [-0.25, -0.2) is 5.48 Å². The molecule has 0 heterocycles. The molecule has 0 spiro atoms. The van der Waals surface area contributed by atoms with Crippen LogP contribution in [0.1, 0.15) is 40.3 Å². The number of hydrogen-bond donors (Lipinski definition) is 5. The van der Waals surface area contributed by atoms with Gasteiger partial charge >= 0.3 is 0 Å². The van der Waals surface area contributed by atoms with Crippen LogP contribution in [0.3, 0.4) is 0 Å². The Kier molecular flexibility index (Phi) is 6.91. The summed E-state index contributed by atoms with van der Waals surface area (Å²) < 4.78 is 0. The van der Waals surface area contributed by atoms with Crippen LogP contribution in [0.15, 0.2) is 53.7 Å². The summed E-state index contributed by atoms with van der Waals surface area (Å²) in [6, 6.07) is 12.0. The summed E-state index contributed by atoms with van der Waals surface area (Å²) >= 11 is 0. The first-order chi connectivity index (χ1) is 14.9. The second-order valence-corrected chi connectivity index (χ2v) is 7.63. The molecule has 5 N–H and O–H groups in total. The lowest BCUT2D eigenvalue weighted by molar-refractivity contribution is -0.133. The molecule has 9 heteroatoms. The van der Waals surface area contributed by atoms with Crippen LogP contribution in [-0.4, -0.2) is 27.8 Å². The van der Waals surface area contributed by atoms with Crippen LogP contribution in [0, 0.1) is 11.8 Å². The fourth-order valence-electron chi connectivity index (χ4n) is 3.73. The van der Waals surface area contributed by atoms with Crippen molar-refractivity contribution in [3.05, 3.63) is 81.3 Å². The van der Waals surface area contributed by atoms with Gasteiger partial charge in [0.2, 0.25) is 5.91 Å². The van der Waals surface area contributed by atoms with E-state index >= 15 is 0 Å². The zero-order valence-corrected chi connectivity index (χ0v) is 17.0. The predicted molar refractivity (Wildman–Crippen MR) is 113 cm³/mol. The van der Waals surface area contributed by atoms with E-state index in [9.17, 15) is 19.7 Å². The molecule has 2 aromatic rings. The van der Waals surface area contributed by atoms with E-state index in [1.54, 1.807) is 24.3 Å². The van der Waals surface area contributed by atoms with Crippen LogP contribution in [0.25, 0.3) is 6.08 Å². The Morgan fingerprint density at radius 3 is 2.58 bits per heavy atom. The molecular formula is C22H24N4O5. The molecule has 0 radical (unpaired) electrons. The maximum absolute atomic E-state index is 13.0. The van der Waals surface area contributed by atoms with Gasteiger partial charge in [-0.2, -0.15) is 10.4 Å². The number of nitrogens with zero attached hydrogens (tertiary/aromatic N) is 1. The normalized spacial score (nSPS) is 20.2. The predicted octanol–water partition coefficient (Wildman–Crippen LogP) is 2.30. The van der Waals surface area contributed by atoms with Crippen molar-refractivity contribution in [3.8, 4) is 0 Å². The summed E-state index contributed by atoms with van der Waals surface area (Å²) in [7, 11) is 0. The van der Waals surface area contributed by atoms with Crippen molar-refractivity contribution in [2.45, 2.75) is 37.9 Å². The van der Waals surface area contributed by atoms with Crippen molar-refractivity contribution in [2.75, 3.05) is 0 Å². The average molecular weight is 424 g/mol. The van der Waals surface area contributed by atoms with Crippen molar-refractivity contribution < 1.29 is 20.0 Å². The van der Waals surface area contributed by atoms with Gasteiger partial charge in [-0.15, -0.1) is 0 Å². The van der Waals surface area contributed by atoms with E-state index in [2.05, 4.69) is 16.0 Å². The fourth-order valence-corrected chi connectivity index (χ4v) is 3.73. The van der Waals surface area contributed by atoms with Gasteiger partial charge in [-0.1, -0.05) is 53.2 Å². The van der Waals surface area contributed by atoms with E-state index in [0.717, 1.165) is 27.8 Å². The Hall–Kier alpha value is -3.40. The number of benzene rings is 2. The van der Waals surface area contributed by atoms with Crippen molar-refractivity contribution >= 4 is 17.9 Å². The van der Waals surface area contributed by atoms with E-state index in [4.69, 9.17) is 5.21 Å². The van der Waals surface area contributed by atoms with Crippen LogP contribution in [0.5, 0.6) is 0 Å². The SMILES string of the molecule is Cc1ccc2c(c1)C(N=O)CC(NO)(C(=O)NCc1ccc(C=CC(=O)NO)cc1)C2. The minimum absolute atomic E-state index is 0.0476. The zero-order valence-electron chi connectivity index (χ0n) is 17.0. The number of rotatable bonds is 7. The van der Waals surface area contributed by atoms with E-state index in [-0.39, 0.29) is 19.4 Å². The van der Waals surface area contributed by atoms with Gasteiger partial charge in [0.15, 0.2) is 0 Å². The van der Waals surface area contributed by atoms with Crippen LogP contribution in [0.2, 0.25) is 0 Å².